The summed E-state index contributed by atoms with van der Waals surface area (Å²) in [6, 6.07) is 6.69. The summed E-state index contributed by atoms with van der Waals surface area (Å²) in [5.41, 5.74) is 0.658. The predicted octanol–water partition coefficient (Wildman–Crippen LogP) is 0.903. The number of benzene rings is 1. The molecule has 6 heteroatoms. The van der Waals surface area contributed by atoms with Crippen LogP contribution in [0.3, 0.4) is 0 Å². The van der Waals surface area contributed by atoms with Gasteiger partial charge in [-0.2, -0.15) is 4.31 Å². The van der Waals surface area contributed by atoms with Gasteiger partial charge in [0.2, 0.25) is 10.0 Å². The molecular weight excluding hydrogens is 255 g/mol. The van der Waals surface area contributed by atoms with Gasteiger partial charge in [-0.25, -0.2) is 12.8 Å². The summed E-state index contributed by atoms with van der Waals surface area (Å²) in [6.07, 6.45) is 1.22. The summed E-state index contributed by atoms with van der Waals surface area (Å²) >= 11 is 0. The molecule has 1 saturated heterocycles. The molecule has 1 aromatic carbocycles. The molecular formula is C12H17FN2O2S. The molecule has 0 saturated carbocycles. The number of rotatable bonds is 3. The van der Waals surface area contributed by atoms with E-state index in [4.69, 9.17) is 0 Å². The molecule has 0 aromatic heterocycles. The van der Waals surface area contributed by atoms with Gasteiger partial charge in [-0.1, -0.05) is 18.2 Å². The minimum Gasteiger partial charge on any atom is -0.296 e. The van der Waals surface area contributed by atoms with Crippen LogP contribution in [-0.4, -0.2) is 50.1 Å². The Labute approximate surface area is 107 Å². The number of piperazine rings is 1. The van der Waals surface area contributed by atoms with Crippen molar-refractivity contribution in [3.05, 3.63) is 35.6 Å². The molecule has 0 amide bonds. The Balaban J connectivity index is 1.94. The Morgan fingerprint density at radius 3 is 2.33 bits per heavy atom. The van der Waals surface area contributed by atoms with E-state index in [0.29, 0.717) is 38.3 Å². The Morgan fingerprint density at radius 2 is 1.78 bits per heavy atom. The van der Waals surface area contributed by atoms with Gasteiger partial charge in [0.15, 0.2) is 0 Å². The van der Waals surface area contributed by atoms with Crippen LogP contribution in [0.25, 0.3) is 0 Å². The second kappa shape index (κ2) is 5.34. The van der Waals surface area contributed by atoms with Gasteiger partial charge in [0, 0.05) is 38.3 Å². The van der Waals surface area contributed by atoms with Crippen LogP contribution < -0.4 is 0 Å². The van der Waals surface area contributed by atoms with Crippen LogP contribution in [0.4, 0.5) is 4.39 Å². The zero-order valence-corrected chi connectivity index (χ0v) is 11.2. The molecule has 0 radical (unpaired) electrons. The van der Waals surface area contributed by atoms with E-state index in [2.05, 4.69) is 4.90 Å². The highest BCUT2D eigenvalue weighted by Crippen LogP contribution is 2.13. The highest BCUT2D eigenvalue weighted by molar-refractivity contribution is 7.88. The summed E-state index contributed by atoms with van der Waals surface area (Å²) in [7, 11) is -3.10. The standard InChI is InChI=1S/C12H17FN2O2S/c1-18(16,17)15-8-6-14(7-9-15)10-11-4-2-3-5-12(11)13/h2-5H,6-10H2,1H3. The van der Waals surface area contributed by atoms with E-state index in [9.17, 15) is 12.8 Å². The normalized spacial score (nSPS) is 19.0. The van der Waals surface area contributed by atoms with E-state index >= 15 is 0 Å². The van der Waals surface area contributed by atoms with E-state index < -0.39 is 10.0 Å². The van der Waals surface area contributed by atoms with Crippen LogP contribution in [0.2, 0.25) is 0 Å². The van der Waals surface area contributed by atoms with Crippen molar-refractivity contribution in [2.45, 2.75) is 6.54 Å². The summed E-state index contributed by atoms with van der Waals surface area (Å²) in [4.78, 5) is 2.07. The number of sulfonamides is 1. The van der Waals surface area contributed by atoms with E-state index in [-0.39, 0.29) is 5.82 Å². The average molecular weight is 272 g/mol. The maximum absolute atomic E-state index is 13.5. The highest BCUT2D eigenvalue weighted by Gasteiger charge is 2.23. The third-order valence-electron chi connectivity index (χ3n) is 3.15. The van der Waals surface area contributed by atoms with Gasteiger partial charge >= 0.3 is 0 Å². The molecule has 0 atom stereocenters. The number of halogens is 1. The fourth-order valence-electron chi connectivity index (χ4n) is 2.09. The second-order valence-corrected chi connectivity index (χ2v) is 6.51. The van der Waals surface area contributed by atoms with Crippen LogP contribution in [0.5, 0.6) is 0 Å². The molecule has 1 fully saturated rings. The largest absolute Gasteiger partial charge is 0.296 e. The Kier molecular flexibility index (Phi) is 3.99. The maximum atomic E-state index is 13.5. The zero-order chi connectivity index (χ0) is 13.2. The molecule has 0 aliphatic carbocycles. The molecule has 2 rings (SSSR count). The van der Waals surface area contributed by atoms with Gasteiger partial charge in [0.25, 0.3) is 0 Å². The molecule has 1 aliphatic heterocycles. The van der Waals surface area contributed by atoms with Gasteiger partial charge in [-0.15, -0.1) is 0 Å². The van der Waals surface area contributed by atoms with Crippen molar-refractivity contribution in [3.8, 4) is 0 Å². The van der Waals surface area contributed by atoms with Gasteiger partial charge in [0.05, 0.1) is 6.26 Å². The van der Waals surface area contributed by atoms with Crippen LogP contribution in [-0.2, 0) is 16.6 Å². The minimum absolute atomic E-state index is 0.206. The van der Waals surface area contributed by atoms with Gasteiger partial charge in [-0.05, 0) is 6.07 Å². The van der Waals surface area contributed by atoms with E-state index in [1.165, 1.54) is 16.6 Å². The molecule has 0 N–H and O–H groups in total. The summed E-state index contributed by atoms with van der Waals surface area (Å²) < 4.78 is 37.6. The van der Waals surface area contributed by atoms with Gasteiger partial charge in [0.1, 0.15) is 5.82 Å². The van der Waals surface area contributed by atoms with Crippen molar-refractivity contribution in [1.29, 1.82) is 0 Å². The SMILES string of the molecule is CS(=O)(=O)N1CCN(Cc2ccccc2F)CC1. The van der Waals surface area contributed by atoms with E-state index in [1.54, 1.807) is 12.1 Å². The van der Waals surface area contributed by atoms with Crippen LogP contribution in [0.1, 0.15) is 5.56 Å². The molecule has 0 unspecified atom stereocenters. The summed E-state index contributed by atoms with van der Waals surface area (Å²) in [5.74, 6) is -0.206. The minimum atomic E-state index is -3.10. The number of hydrogen-bond acceptors (Lipinski definition) is 3. The smallest absolute Gasteiger partial charge is 0.211 e. The first-order chi connectivity index (χ1) is 8.47. The maximum Gasteiger partial charge on any atom is 0.211 e. The van der Waals surface area contributed by atoms with E-state index in [0.717, 1.165) is 0 Å². The molecule has 4 nitrogen and oxygen atoms in total. The fraction of sp³-hybridized carbons (Fsp3) is 0.500. The first kappa shape index (κ1) is 13.5. The van der Waals surface area contributed by atoms with Crippen LogP contribution >= 0.6 is 0 Å². The lowest BCUT2D eigenvalue weighted by Gasteiger charge is -2.33. The highest BCUT2D eigenvalue weighted by atomic mass is 32.2. The Hall–Kier alpha value is -0.980. The lowest BCUT2D eigenvalue weighted by molar-refractivity contribution is 0.180. The predicted molar refractivity (Wildman–Crippen MR) is 68.1 cm³/mol. The Morgan fingerprint density at radius 1 is 1.17 bits per heavy atom. The van der Waals surface area contributed by atoms with Crippen molar-refractivity contribution < 1.29 is 12.8 Å². The Bertz CT molecular complexity index is 511. The molecule has 18 heavy (non-hydrogen) atoms. The topological polar surface area (TPSA) is 40.6 Å². The first-order valence-corrected chi connectivity index (χ1v) is 7.72. The summed E-state index contributed by atoms with van der Waals surface area (Å²) in [5, 5.41) is 0. The van der Waals surface area contributed by atoms with Crippen LogP contribution in [0, 0.1) is 5.82 Å². The summed E-state index contributed by atoms with van der Waals surface area (Å²) in [6.45, 7) is 2.77. The quantitative estimate of drug-likeness (QED) is 0.821. The zero-order valence-electron chi connectivity index (χ0n) is 10.3. The van der Waals surface area contributed by atoms with Crippen molar-refractivity contribution in [2.75, 3.05) is 32.4 Å². The molecule has 1 aliphatic rings. The van der Waals surface area contributed by atoms with Crippen molar-refractivity contribution in [3.63, 3.8) is 0 Å². The average Bonchev–Trinajstić information content (AvgIpc) is 2.32. The molecule has 1 aromatic rings. The second-order valence-electron chi connectivity index (χ2n) is 4.53. The molecule has 0 spiro atoms. The van der Waals surface area contributed by atoms with Crippen molar-refractivity contribution in [2.24, 2.45) is 0 Å². The van der Waals surface area contributed by atoms with Crippen LogP contribution in [0.15, 0.2) is 24.3 Å². The third-order valence-corrected chi connectivity index (χ3v) is 4.46. The van der Waals surface area contributed by atoms with Crippen molar-refractivity contribution >= 4 is 10.0 Å². The molecule has 100 valence electrons. The number of nitrogens with zero attached hydrogens (tertiary/aromatic N) is 2. The van der Waals surface area contributed by atoms with Crippen molar-refractivity contribution in [1.82, 2.24) is 9.21 Å². The fourth-order valence-corrected chi connectivity index (χ4v) is 2.91. The van der Waals surface area contributed by atoms with E-state index in [1.807, 2.05) is 6.07 Å². The van der Waals surface area contributed by atoms with Gasteiger partial charge < -0.3 is 0 Å². The molecule has 1 heterocycles. The monoisotopic (exact) mass is 272 g/mol. The first-order valence-electron chi connectivity index (χ1n) is 5.88. The lowest BCUT2D eigenvalue weighted by atomic mass is 10.2. The van der Waals surface area contributed by atoms with Gasteiger partial charge in [-0.3, -0.25) is 4.90 Å². The number of hydrogen-bond donors (Lipinski definition) is 0. The lowest BCUT2D eigenvalue weighted by Crippen LogP contribution is -2.47. The third kappa shape index (κ3) is 3.28. The molecule has 0 bridgehead atoms.